The number of halogens is 2. The van der Waals surface area contributed by atoms with Crippen molar-refractivity contribution in [1.29, 1.82) is 0 Å². The molecule has 168 valence electrons. The third kappa shape index (κ3) is 7.15. The van der Waals surface area contributed by atoms with Crippen molar-refractivity contribution in [2.24, 2.45) is 0 Å². The molecule has 1 aliphatic heterocycles. The smallest absolute Gasteiger partial charge is 0.263 e. The third-order valence-electron chi connectivity index (χ3n) is 5.05. The van der Waals surface area contributed by atoms with Gasteiger partial charge in [0.1, 0.15) is 9.88 Å². The van der Waals surface area contributed by atoms with Crippen LogP contribution in [0.5, 0.6) is 0 Å². The Kier molecular flexibility index (Phi) is 9.10. The SMILES string of the molecule is COCCCC(=O)N1CCN(Cc2ncc(C(=O)NCc3ccc(Cl)cc3Cl)s2)CC1. The number of amides is 2. The first-order valence-electron chi connectivity index (χ1n) is 10.1. The van der Waals surface area contributed by atoms with Crippen molar-refractivity contribution in [3.63, 3.8) is 0 Å². The van der Waals surface area contributed by atoms with Gasteiger partial charge in [-0.3, -0.25) is 14.5 Å². The standard InChI is InChI=1S/C21H26Cl2N4O3S/c1-30-10-2-3-20(28)27-8-6-26(7-9-27)14-19-24-13-18(31-19)21(29)25-12-15-4-5-16(22)11-17(15)23/h4-5,11,13H,2-3,6-10,12,14H2,1H3,(H,25,29). The summed E-state index contributed by atoms with van der Waals surface area (Å²) in [5.41, 5.74) is 0.804. The number of piperazine rings is 1. The van der Waals surface area contributed by atoms with Crippen LogP contribution in [0, 0.1) is 0 Å². The van der Waals surface area contributed by atoms with E-state index in [-0.39, 0.29) is 11.8 Å². The van der Waals surface area contributed by atoms with Crippen molar-refractivity contribution in [1.82, 2.24) is 20.1 Å². The van der Waals surface area contributed by atoms with Gasteiger partial charge in [-0.1, -0.05) is 29.3 Å². The molecule has 1 saturated heterocycles. The predicted molar refractivity (Wildman–Crippen MR) is 123 cm³/mol. The van der Waals surface area contributed by atoms with Crippen LogP contribution in [0.15, 0.2) is 24.4 Å². The third-order valence-corrected chi connectivity index (χ3v) is 6.62. The van der Waals surface area contributed by atoms with E-state index in [1.807, 2.05) is 4.90 Å². The van der Waals surface area contributed by atoms with Gasteiger partial charge in [-0.25, -0.2) is 4.98 Å². The minimum absolute atomic E-state index is 0.179. The van der Waals surface area contributed by atoms with Gasteiger partial charge in [-0.05, 0) is 24.1 Å². The molecular formula is C21H26Cl2N4O3S. The summed E-state index contributed by atoms with van der Waals surface area (Å²) in [6, 6.07) is 5.19. The zero-order chi connectivity index (χ0) is 22.2. The fraction of sp³-hybridized carbons (Fsp3) is 0.476. The first-order valence-corrected chi connectivity index (χ1v) is 11.7. The Labute approximate surface area is 196 Å². The summed E-state index contributed by atoms with van der Waals surface area (Å²) in [7, 11) is 1.65. The number of thiazole rings is 1. The maximum atomic E-state index is 12.5. The zero-order valence-corrected chi connectivity index (χ0v) is 19.7. The minimum atomic E-state index is -0.179. The molecule has 0 atom stereocenters. The number of hydrogen-bond acceptors (Lipinski definition) is 6. The molecule has 3 rings (SSSR count). The van der Waals surface area contributed by atoms with Gasteiger partial charge in [0, 0.05) is 62.9 Å². The van der Waals surface area contributed by atoms with E-state index in [9.17, 15) is 9.59 Å². The van der Waals surface area contributed by atoms with Gasteiger partial charge in [-0.2, -0.15) is 0 Å². The largest absolute Gasteiger partial charge is 0.385 e. The molecule has 31 heavy (non-hydrogen) atoms. The molecule has 2 aromatic rings. The van der Waals surface area contributed by atoms with Crippen molar-refractivity contribution in [2.75, 3.05) is 39.9 Å². The molecule has 7 nitrogen and oxygen atoms in total. The summed E-state index contributed by atoms with van der Waals surface area (Å²) in [6.07, 6.45) is 2.89. The normalized spacial score (nSPS) is 14.6. The summed E-state index contributed by atoms with van der Waals surface area (Å²) in [4.78, 5) is 33.8. The van der Waals surface area contributed by atoms with Crippen molar-refractivity contribution in [3.05, 3.63) is 49.9 Å². The molecule has 0 bridgehead atoms. The van der Waals surface area contributed by atoms with Crippen LogP contribution >= 0.6 is 34.5 Å². The van der Waals surface area contributed by atoms with Crippen molar-refractivity contribution in [2.45, 2.75) is 25.9 Å². The lowest BCUT2D eigenvalue weighted by Gasteiger charge is -2.34. The highest BCUT2D eigenvalue weighted by atomic mass is 35.5. The highest BCUT2D eigenvalue weighted by Crippen LogP contribution is 2.21. The summed E-state index contributed by atoms with van der Waals surface area (Å²) < 4.78 is 5.01. The van der Waals surface area contributed by atoms with E-state index in [1.165, 1.54) is 11.3 Å². The lowest BCUT2D eigenvalue weighted by atomic mass is 10.2. The molecule has 1 fully saturated rings. The lowest BCUT2D eigenvalue weighted by Crippen LogP contribution is -2.48. The molecule has 1 N–H and O–H groups in total. The second-order valence-corrected chi connectivity index (χ2v) is 9.25. The fourth-order valence-electron chi connectivity index (χ4n) is 3.29. The van der Waals surface area contributed by atoms with E-state index >= 15 is 0 Å². The summed E-state index contributed by atoms with van der Waals surface area (Å²) in [6.45, 7) is 4.63. The summed E-state index contributed by atoms with van der Waals surface area (Å²) in [5, 5.41) is 4.83. The number of nitrogens with zero attached hydrogens (tertiary/aromatic N) is 3. The molecule has 0 spiro atoms. The Morgan fingerprint density at radius 1 is 1.23 bits per heavy atom. The predicted octanol–water partition coefficient (Wildman–Crippen LogP) is 3.45. The van der Waals surface area contributed by atoms with E-state index in [4.69, 9.17) is 27.9 Å². The number of methoxy groups -OCH3 is 1. The molecule has 1 aromatic heterocycles. The topological polar surface area (TPSA) is 74.8 Å². The van der Waals surface area contributed by atoms with Crippen LogP contribution in [-0.4, -0.2) is 66.5 Å². The summed E-state index contributed by atoms with van der Waals surface area (Å²) in [5.74, 6) is 0.00642. The van der Waals surface area contributed by atoms with Crippen LogP contribution < -0.4 is 5.32 Å². The van der Waals surface area contributed by atoms with E-state index in [1.54, 1.807) is 31.5 Å². The van der Waals surface area contributed by atoms with Crippen LogP contribution in [0.1, 0.15) is 33.1 Å². The van der Waals surface area contributed by atoms with Crippen LogP contribution in [-0.2, 0) is 22.6 Å². The number of carbonyl (C=O) groups excluding carboxylic acids is 2. The van der Waals surface area contributed by atoms with Gasteiger partial charge in [-0.15, -0.1) is 11.3 Å². The number of rotatable bonds is 9. The van der Waals surface area contributed by atoms with Crippen molar-refractivity contribution >= 4 is 46.4 Å². The molecule has 2 heterocycles. The first kappa shape index (κ1) is 23.9. The van der Waals surface area contributed by atoms with Crippen LogP contribution in [0.2, 0.25) is 10.0 Å². The monoisotopic (exact) mass is 484 g/mol. The Bertz CT molecular complexity index is 901. The second kappa shape index (κ2) is 11.8. The molecule has 1 aliphatic rings. The number of hydrogen-bond donors (Lipinski definition) is 1. The maximum Gasteiger partial charge on any atom is 0.263 e. The van der Waals surface area contributed by atoms with Crippen LogP contribution in [0.3, 0.4) is 0 Å². The van der Waals surface area contributed by atoms with E-state index < -0.39 is 0 Å². The number of nitrogens with one attached hydrogen (secondary N) is 1. The molecule has 0 aliphatic carbocycles. The highest BCUT2D eigenvalue weighted by Gasteiger charge is 2.22. The maximum absolute atomic E-state index is 12.5. The Hall–Kier alpha value is -1.71. The molecule has 2 amide bonds. The Balaban J connectivity index is 1.43. The first-order chi connectivity index (χ1) is 15.0. The fourth-order valence-corrected chi connectivity index (χ4v) is 4.64. The van der Waals surface area contributed by atoms with Crippen LogP contribution in [0.4, 0.5) is 0 Å². The quantitative estimate of drug-likeness (QED) is 0.551. The average Bonchev–Trinajstić information content (AvgIpc) is 3.22. The van der Waals surface area contributed by atoms with Crippen molar-refractivity contribution in [3.8, 4) is 0 Å². The molecule has 0 radical (unpaired) electrons. The van der Waals surface area contributed by atoms with Gasteiger partial charge >= 0.3 is 0 Å². The second-order valence-electron chi connectivity index (χ2n) is 7.29. The van der Waals surface area contributed by atoms with Gasteiger partial charge < -0.3 is 15.0 Å². The van der Waals surface area contributed by atoms with E-state index in [0.717, 1.165) is 30.1 Å². The van der Waals surface area contributed by atoms with Gasteiger partial charge in [0.05, 0.1) is 12.7 Å². The Morgan fingerprint density at radius 3 is 2.71 bits per heavy atom. The molecule has 0 unspecified atom stereocenters. The Morgan fingerprint density at radius 2 is 2.00 bits per heavy atom. The van der Waals surface area contributed by atoms with E-state index in [2.05, 4.69) is 15.2 Å². The number of ether oxygens (including phenoxy) is 1. The van der Waals surface area contributed by atoms with Crippen molar-refractivity contribution < 1.29 is 14.3 Å². The zero-order valence-electron chi connectivity index (χ0n) is 17.4. The average molecular weight is 485 g/mol. The molecular weight excluding hydrogens is 459 g/mol. The van der Waals surface area contributed by atoms with Gasteiger partial charge in [0.15, 0.2) is 0 Å². The molecule has 0 saturated carbocycles. The van der Waals surface area contributed by atoms with Gasteiger partial charge in [0.2, 0.25) is 5.91 Å². The summed E-state index contributed by atoms with van der Waals surface area (Å²) >= 11 is 13.4. The van der Waals surface area contributed by atoms with E-state index in [0.29, 0.717) is 54.1 Å². The number of carbonyl (C=O) groups is 2. The lowest BCUT2D eigenvalue weighted by molar-refractivity contribution is -0.133. The number of benzene rings is 1. The molecule has 10 heteroatoms. The van der Waals surface area contributed by atoms with Crippen LogP contribution in [0.25, 0.3) is 0 Å². The minimum Gasteiger partial charge on any atom is -0.385 e. The molecule has 1 aromatic carbocycles. The number of aromatic nitrogens is 1. The highest BCUT2D eigenvalue weighted by molar-refractivity contribution is 7.13. The van der Waals surface area contributed by atoms with Gasteiger partial charge in [0.25, 0.3) is 5.91 Å².